The van der Waals surface area contributed by atoms with Crippen LogP contribution in [-0.2, 0) is 35.5 Å². The third-order valence-corrected chi connectivity index (χ3v) is 6.07. The summed E-state index contributed by atoms with van der Waals surface area (Å²) in [6.45, 7) is 8.48. The Bertz CT molecular complexity index is 986. The predicted octanol–water partition coefficient (Wildman–Crippen LogP) is 3.28. The van der Waals surface area contributed by atoms with E-state index in [1.54, 1.807) is 58.9 Å². The molecule has 11 heteroatoms. The molecule has 0 heterocycles. The van der Waals surface area contributed by atoms with Gasteiger partial charge < -0.3 is 20.1 Å². The van der Waals surface area contributed by atoms with Crippen LogP contribution in [0.25, 0.3) is 0 Å². The molecule has 0 radical (unpaired) electrons. The lowest BCUT2D eigenvalue weighted by atomic mass is 10.0. The van der Waals surface area contributed by atoms with Gasteiger partial charge in [-0.2, -0.15) is 0 Å². The average molecular weight is 517 g/mol. The van der Waals surface area contributed by atoms with Crippen molar-refractivity contribution in [3.05, 3.63) is 46.3 Å². The number of rotatable bonds is 10. The maximum Gasteiger partial charge on any atom is 0.408 e. The lowest BCUT2D eigenvalue weighted by Gasteiger charge is -2.25. The van der Waals surface area contributed by atoms with Gasteiger partial charge in [-0.05, 0) is 38.3 Å². The second-order valence-corrected chi connectivity index (χ2v) is 11.7. The van der Waals surface area contributed by atoms with Crippen LogP contribution in [0.4, 0.5) is 4.79 Å². The molecule has 1 aromatic rings. The number of halogens is 1. The summed E-state index contributed by atoms with van der Waals surface area (Å²) in [4.78, 5) is 37.5. The largest absolute Gasteiger partial charge is 0.460 e. The number of alkyl carbamates (subject to hydrolysis) is 1. The van der Waals surface area contributed by atoms with Crippen molar-refractivity contribution in [2.45, 2.75) is 65.3 Å². The van der Waals surface area contributed by atoms with Gasteiger partial charge in [-0.15, -0.1) is 0 Å². The normalized spacial score (nSPS) is 14.2. The highest BCUT2D eigenvalue weighted by Crippen LogP contribution is 2.15. The van der Waals surface area contributed by atoms with Crippen molar-refractivity contribution in [2.75, 3.05) is 6.26 Å². The van der Waals surface area contributed by atoms with Gasteiger partial charge in [0.25, 0.3) is 0 Å². The van der Waals surface area contributed by atoms with E-state index in [9.17, 15) is 22.8 Å². The monoisotopic (exact) mass is 516 g/mol. The molecule has 0 aliphatic heterocycles. The maximum atomic E-state index is 12.9. The van der Waals surface area contributed by atoms with E-state index in [2.05, 4.69) is 10.6 Å². The number of carbonyl (C=O) groups is 3. The summed E-state index contributed by atoms with van der Waals surface area (Å²) >= 11 is 5.86. The minimum absolute atomic E-state index is 0.0209. The summed E-state index contributed by atoms with van der Waals surface area (Å²) in [6, 6.07) is 6.92. The lowest BCUT2D eigenvalue weighted by molar-refractivity contribution is -0.155. The molecule has 0 saturated heterocycles. The van der Waals surface area contributed by atoms with E-state index in [1.165, 1.54) is 0 Å². The Morgan fingerprint density at radius 1 is 1.09 bits per heavy atom. The number of benzene rings is 1. The Morgan fingerprint density at radius 2 is 1.68 bits per heavy atom. The molecule has 0 spiro atoms. The molecule has 0 saturated carbocycles. The predicted molar refractivity (Wildman–Crippen MR) is 130 cm³/mol. The van der Waals surface area contributed by atoms with Gasteiger partial charge in [-0.1, -0.05) is 55.8 Å². The first-order valence-electron chi connectivity index (χ1n) is 10.7. The van der Waals surface area contributed by atoms with Crippen LogP contribution in [0.15, 0.2) is 40.8 Å². The van der Waals surface area contributed by atoms with Crippen molar-refractivity contribution < 1.29 is 32.3 Å². The third kappa shape index (κ3) is 11.5. The standard InChI is InChI=1S/C23H33ClN2O7S/c1-15(2)20(26-22(29)32-14-16-10-8-7-9-11-16)21(28)25-17(12-18(24)34(6,30)31)13-19(27)33-23(3,4)5/h7-12,15,17,20H,13-14H2,1-6H3,(H,25,28)(H,26,29)/b18-12+/t17-,20?/m1/s1. The van der Waals surface area contributed by atoms with Crippen molar-refractivity contribution in [3.8, 4) is 0 Å². The van der Waals surface area contributed by atoms with Gasteiger partial charge in [0, 0.05) is 6.26 Å². The summed E-state index contributed by atoms with van der Waals surface area (Å²) in [5.41, 5.74) is 0.00160. The van der Waals surface area contributed by atoms with Crippen LogP contribution in [0.5, 0.6) is 0 Å². The maximum absolute atomic E-state index is 12.9. The number of carbonyl (C=O) groups excluding carboxylic acids is 3. The summed E-state index contributed by atoms with van der Waals surface area (Å²) in [6.07, 6.45) is 0.799. The van der Waals surface area contributed by atoms with E-state index in [1.807, 2.05) is 6.07 Å². The molecule has 1 rings (SSSR count). The number of amides is 2. The van der Waals surface area contributed by atoms with Gasteiger partial charge in [0.1, 0.15) is 22.6 Å². The molecule has 190 valence electrons. The Labute approximate surface area is 206 Å². The van der Waals surface area contributed by atoms with Crippen molar-refractivity contribution >= 4 is 39.4 Å². The fraction of sp³-hybridized carbons (Fsp3) is 0.522. The van der Waals surface area contributed by atoms with Crippen LogP contribution in [0.2, 0.25) is 0 Å². The van der Waals surface area contributed by atoms with Crippen LogP contribution in [0, 0.1) is 5.92 Å². The zero-order valence-electron chi connectivity index (χ0n) is 20.3. The second-order valence-electron chi connectivity index (χ2n) is 9.08. The van der Waals surface area contributed by atoms with Crippen molar-refractivity contribution in [1.29, 1.82) is 0 Å². The Balaban J connectivity index is 2.95. The van der Waals surface area contributed by atoms with Gasteiger partial charge in [0.05, 0.1) is 12.5 Å². The smallest absolute Gasteiger partial charge is 0.408 e. The molecule has 2 amide bonds. The van der Waals surface area contributed by atoms with Crippen molar-refractivity contribution in [2.24, 2.45) is 5.92 Å². The van der Waals surface area contributed by atoms with E-state index in [0.29, 0.717) is 0 Å². The van der Waals surface area contributed by atoms with Crippen molar-refractivity contribution in [1.82, 2.24) is 10.6 Å². The van der Waals surface area contributed by atoms with Gasteiger partial charge in [0.15, 0.2) is 9.84 Å². The zero-order valence-corrected chi connectivity index (χ0v) is 21.8. The summed E-state index contributed by atoms with van der Waals surface area (Å²) in [7, 11) is -3.76. The highest BCUT2D eigenvalue weighted by molar-refractivity contribution is 7.96. The first-order valence-corrected chi connectivity index (χ1v) is 12.9. The molecule has 1 unspecified atom stereocenters. The van der Waals surface area contributed by atoms with Gasteiger partial charge in [-0.3, -0.25) is 9.59 Å². The van der Waals surface area contributed by atoms with Gasteiger partial charge >= 0.3 is 12.1 Å². The third-order valence-electron chi connectivity index (χ3n) is 4.26. The molecule has 0 aliphatic carbocycles. The minimum atomic E-state index is -3.76. The van der Waals surface area contributed by atoms with Crippen LogP contribution in [0.1, 0.15) is 46.6 Å². The first-order chi connectivity index (χ1) is 15.6. The molecule has 0 aliphatic rings. The molecule has 1 aromatic carbocycles. The van der Waals surface area contributed by atoms with Crippen LogP contribution in [-0.4, -0.2) is 50.3 Å². The summed E-state index contributed by atoms with van der Waals surface area (Å²) in [5, 5.41) is 5.07. The van der Waals surface area contributed by atoms with E-state index >= 15 is 0 Å². The lowest BCUT2D eigenvalue weighted by Crippen LogP contribution is -2.52. The minimum Gasteiger partial charge on any atom is -0.460 e. The molecular formula is C23H33ClN2O7S. The fourth-order valence-corrected chi connectivity index (χ4v) is 3.26. The molecule has 2 atom stereocenters. The number of hydrogen-bond donors (Lipinski definition) is 2. The molecule has 0 bridgehead atoms. The number of sulfone groups is 1. The van der Waals surface area contributed by atoms with Gasteiger partial charge in [0.2, 0.25) is 5.91 Å². The molecule has 0 fully saturated rings. The Hall–Kier alpha value is -2.59. The van der Waals surface area contributed by atoms with E-state index in [4.69, 9.17) is 21.1 Å². The van der Waals surface area contributed by atoms with E-state index in [-0.39, 0.29) is 18.9 Å². The molecular weight excluding hydrogens is 484 g/mol. The fourth-order valence-electron chi connectivity index (χ4n) is 2.70. The highest BCUT2D eigenvalue weighted by atomic mass is 35.5. The number of ether oxygens (including phenoxy) is 2. The van der Waals surface area contributed by atoms with E-state index < -0.39 is 49.9 Å². The number of esters is 1. The van der Waals surface area contributed by atoms with Crippen LogP contribution in [0.3, 0.4) is 0 Å². The number of hydrogen-bond acceptors (Lipinski definition) is 7. The Kier molecular flexibility index (Phi) is 11.0. The summed E-state index contributed by atoms with van der Waals surface area (Å²) < 4.78 is 33.4. The molecule has 34 heavy (non-hydrogen) atoms. The SMILES string of the molecule is CC(C)C(NC(=O)OCc1ccccc1)C(=O)N[C@H](/C=C(\Cl)S(C)(=O)=O)CC(=O)OC(C)(C)C. The highest BCUT2D eigenvalue weighted by Gasteiger charge is 2.29. The first kappa shape index (κ1) is 29.4. The van der Waals surface area contributed by atoms with Crippen LogP contribution < -0.4 is 10.6 Å². The molecule has 0 aromatic heterocycles. The number of nitrogens with one attached hydrogen (secondary N) is 2. The topological polar surface area (TPSA) is 128 Å². The van der Waals surface area contributed by atoms with Crippen LogP contribution >= 0.6 is 11.6 Å². The Morgan fingerprint density at radius 3 is 2.18 bits per heavy atom. The van der Waals surface area contributed by atoms with E-state index in [0.717, 1.165) is 17.9 Å². The van der Waals surface area contributed by atoms with Crippen molar-refractivity contribution in [3.63, 3.8) is 0 Å². The second kappa shape index (κ2) is 12.8. The molecule has 9 nitrogen and oxygen atoms in total. The molecule has 2 N–H and O–H groups in total. The zero-order chi connectivity index (χ0) is 26.1. The average Bonchev–Trinajstić information content (AvgIpc) is 2.68. The quantitative estimate of drug-likeness (QED) is 0.457. The summed E-state index contributed by atoms with van der Waals surface area (Å²) in [5.74, 6) is -1.65. The van der Waals surface area contributed by atoms with Gasteiger partial charge in [-0.25, -0.2) is 13.2 Å².